The first kappa shape index (κ1) is 20.4. The molecule has 0 aliphatic heterocycles. The molecule has 0 aliphatic carbocycles. The highest BCUT2D eigenvalue weighted by atomic mass is 35.5. The minimum Gasteiger partial charge on any atom is -0.452 e. The van der Waals surface area contributed by atoms with Crippen LogP contribution in [0.25, 0.3) is 6.08 Å². The molecule has 0 fully saturated rings. The maximum Gasteiger partial charge on any atom is 0.416 e. The number of amides is 1. The van der Waals surface area contributed by atoms with Crippen LogP contribution in [0.15, 0.2) is 48.5 Å². The van der Waals surface area contributed by atoms with Gasteiger partial charge in [0.2, 0.25) is 0 Å². The zero-order chi connectivity index (χ0) is 20.0. The molecule has 0 unspecified atom stereocenters. The number of carbonyl (C=O) groups excluding carboxylic acids is 2. The number of rotatable bonds is 5. The number of ether oxygens (including phenoxy) is 1. The van der Waals surface area contributed by atoms with Gasteiger partial charge in [-0.15, -0.1) is 0 Å². The predicted octanol–water partition coefficient (Wildman–Crippen LogP) is 4.69. The summed E-state index contributed by atoms with van der Waals surface area (Å²) in [6.45, 7) is -0.668. The van der Waals surface area contributed by atoms with Crippen LogP contribution < -0.4 is 5.32 Å². The summed E-state index contributed by atoms with van der Waals surface area (Å²) < 4.78 is 55.6. The lowest BCUT2D eigenvalue weighted by molar-refractivity contribution is -0.142. The molecule has 142 valence electrons. The Kier molecular flexibility index (Phi) is 6.57. The standard InChI is InChI=1S/C18H12ClF4NO3/c19-13-6-7-15(14(20)9-13)24-16(25)10-27-17(26)8-3-11-1-4-12(5-2-11)18(21,22)23/h1-9H,10H2,(H,24,25)/b8-3+. The number of anilines is 1. The van der Waals surface area contributed by atoms with E-state index in [1.54, 1.807) is 0 Å². The van der Waals surface area contributed by atoms with E-state index < -0.39 is 36.0 Å². The second-order valence-electron chi connectivity index (χ2n) is 5.23. The Morgan fingerprint density at radius 3 is 2.37 bits per heavy atom. The van der Waals surface area contributed by atoms with E-state index in [4.69, 9.17) is 11.6 Å². The van der Waals surface area contributed by atoms with Gasteiger partial charge in [-0.25, -0.2) is 9.18 Å². The van der Waals surface area contributed by atoms with Crippen LogP contribution in [0, 0.1) is 5.82 Å². The van der Waals surface area contributed by atoms with Gasteiger partial charge in [-0.2, -0.15) is 13.2 Å². The molecule has 0 aromatic heterocycles. The average molecular weight is 402 g/mol. The molecule has 2 aromatic carbocycles. The molecule has 1 N–H and O–H groups in total. The molecule has 4 nitrogen and oxygen atoms in total. The highest BCUT2D eigenvalue weighted by molar-refractivity contribution is 6.30. The van der Waals surface area contributed by atoms with Crippen molar-refractivity contribution in [1.29, 1.82) is 0 Å². The molecular weight excluding hydrogens is 390 g/mol. The minimum atomic E-state index is -4.45. The molecule has 2 rings (SSSR count). The van der Waals surface area contributed by atoms with Crippen LogP contribution in [0.4, 0.5) is 23.2 Å². The Morgan fingerprint density at radius 1 is 1.11 bits per heavy atom. The first-order valence-corrected chi connectivity index (χ1v) is 7.80. The summed E-state index contributed by atoms with van der Waals surface area (Å²) in [7, 11) is 0. The zero-order valence-electron chi connectivity index (χ0n) is 13.5. The Hall–Kier alpha value is -2.87. The lowest BCUT2D eigenvalue weighted by atomic mass is 10.1. The number of alkyl halides is 3. The minimum absolute atomic E-state index is 0.124. The normalized spacial score (nSPS) is 11.4. The summed E-state index contributed by atoms with van der Waals surface area (Å²) in [6.07, 6.45) is -2.25. The van der Waals surface area contributed by atoms with E-state index in [2.05, 4.69) is 10.1 Å². The second kappa shape index (κ2) is 8.68. The van der Waals surface area contributed by atoms with Crippen LogP contribution in [0.1, 0.15) is 11.1 Å². The molecule has 9 heteroatoms. The Bertz CT molecular complexity index is 864. The Balaban J connectivity index is 1.84. The fourth-order valence-electron chi connectivity index (χ4n) is 1.91. The molecule has 0 aliphatic rings. The fraction of sp³-hybridized carbons (Fsp3) is 0.111. The van der Waals surface area contributed by atoms with Gasteiger partial charge in [0.25, 0.3) is 5.91 Å². The molecule has 0 saturated heterocycles. The van der Waals surface area contributed by atoms with Crippen molar-refractivity contribution < 1.29 is 31.9 Å². The number of benzene rings is 2. The molecular formula is C18H12ClF4NO3. The van der Waals surface area contributed by atoms with Crippen LogP contribution in [0.2, 0.25) is 5.02 Å². The lowest BCUT2D eigenvalue weighted by Gasteiger charge is -2.07. The van der Waals surface area contributed by atoms with Gasteiger partial charge < -0.3 is 10.1 Å². The zero-order valence-corrected chi connectivity index (χ0v) is 14.3. The van der Waals surface area contributed by atoms with Gasteiger partial charge in [-0.3, -0.25) is 4.79 Å². The fourth-order valence-corrected chi connectivity index (χ4v) is 2.07. The third-order valence-corrected chi connectivity index (χ3v) is 3.44. The number of hydrogen-bond acceptors (Lipinski definition) is 3. The topological polar surface area (TPSA) is 55.4 Å². The number of carbonyl (C=O) groups is 2. The van der Waals surface area contributed by atoms with Crippen LogP contribution in [-0.4, -0.2) is 18.5 Å². The van der Waals surface area contributed by atoms with Crippen molar-refractivity contribution in [3.63, 3.8) is 0 Å². The van der Waals surface area contributed by atoms with E-state index in [1.165, 1.54) is 30.3 Å². The highest BCUT2D eigenvalue weighted by Crippen LogP contribution is 2.29. The van der Waals surface area contributed by atoms with E-state index in [9.17, 15) is 27.2 Å². The van der Waals surface area contributed by atoms with E-state index >= 15 is 0 Å². The van der Waals surface area contributed by atoms with Crippen LogP contribution in [0.3, 0.4) is 0 Å². The Labute approximate surface area is 156 Å². The summed E-state index contributed by atoms with van der Waals surface area (Å²) in [5, 5.41) is 2.36. The number of nitrogens with one attached hydrogen (secondary N) is 1. The quantitative estimate of drug-likeness (QED) is 0.449. The highest BCUT2D eigenvalue weighted by Gasteiger charge is 2.29. The van der Waals surface area contributed by atoms with Gasteiger partial charge in [0.15, 0.2) is 6.61 Å². The molecule has 2 aromatic rings. The maximum atomic E-state index is 13.5. The summed E-state index contributed by atoms with van der Waals surface area (Å²) in [5.74, 6) is -2.40. The maximum absolute atomic E-state index is 13.5. The smallest absolute Gasteiger partial charge is 0.416 e. The monoisotopic (exact) mass is 401 g/mol. The van der Waals surface area contributed by atoms with Crippen molar-refractivity contribution in [3.05, 3.63) is 70.5 Å². The predicted molar refractivity (Wildman–Crippen MR) is 91.5 cm³/mol. The Morgan fingerprint density at radius 2 is 1.78 bits per heavy atom. The summed E-state index contributed by atoms with van der Waals surface area (Å²) in [6, 6.07) is 7.75. The first-order chi connectivity index (χ1) is 12.6. The molecule has 1 amide bonds. The molecule has 0 bridgehead atoms. The van der Waals surface area contributed by atoms with Crippen molar-refractivity contribution in [1.82, 2.24) is 0 Å². The number of halogens is 5. The van der Waals surface area contributed by atoms with Gasteiger partial charge in [0, 0.05) is 11.1 Å². The number of esters is 1. The van der Waals surface area contributed by atoms with Gasteiger partial charge in [-0.1, -0.05) is 23.7 Å². The van der Waals surface area contributed by atoms with Gasteiger partial charge in [-0.05, 0) is 42.0 Å². The molecule has 0 saturated carbocycles. The van der Waals surface area contributed by atoms with Crippen molar-refractivity contribution in [2.75, 3.05) is 11.9 Å². The average Bonchev–Trinajstić information content (AvgIpc) is 2.60. The van der Waals surface area contributed by atoms with Crippen molar-refractivity contribution in [2.45, 2.75) is 6.18 Å². The van der Waals surface area contributed by atoms with Crippen LogP contribution in [-0.2, 0) is 20.5 Å². The molecule has 27 heavy (non-hydrogen) atoms. The van der Waals surface area contributed by atoms with Gasteiger partial charge in [0.1, 0.15) is 5.82 Å². The van der Waals surface area contributed by atoms with E-state index in [1.807, 2.05) is 0 Å². The third kappa shape index (κ3) is 6.41. The van der Waals surface area contributed by atoms with Gasteiger partial charge >= 0.3 is 12.1 Å². The molecule has 0 spiro atoms. The first-order valence-electron chi connectivity index (χ1n) is 7.42. The van der Waals surface area contributed by atoms with E-state index in [0.717, 1.165) is 24.3 Å². The summed E-state index contributed by atoms with van der Waals surface area (Å²) in [4.78, 5) is 23.2. The van der Waals surface area contributed by atoms with Crippen LogP contribution >= 0.6 is 11.6 Å². The molecule has 0 heterocycles. The van der Waals surface area contributed by atoms with Crippen LogP contribution in [0.5, 0.6) is 0 Å². The van der Waals surface area contributed by atoms with E-state index in [-0.39, 0.29) is 10.7 Å². The second-order valence-corrected chi connectivity index (χ2v) is 5.67. The largest absolute Gasteiger partial charge is 0.452 e. The molecule has 0 atom stereocenters. The van der Waals surface area contributed by atoms with Gasteiger partial charge in [0.05, 0.1) is 11.3 Å². The van der Waals surface area contributed by atoms with Crippen molar-refractivity contribution in [3.8, 4) is 0 Å². The number of hydrogen-bond donors (Lipinski definition) is 1. The van der Waals surface area contributed by atoms with E-state index in [0.29, 0.717) is 5.56 Å². The summed E-state index contributed by atoms with van der Waals surface area (Å²) >= 11 is 5.59. The molecule has 0 radical (unpaired) electrons. The van der Waals surface area contributed by atoms with Crippen molar-refractivity contribution in [2.24, 2.45) is 0 Å². The SMILES string of the molecule is O=C(COC(=O)/C=C/c1ccc(C(F)(F)F)cc1)Nc1ccc(Cl)cc1F. The lowest BCUT2D eigenvalue weighted by Crippen LogP contribution is -2.20. The third-order valence-electron chi connectivity index (χ3n) is 3.20. The van der Waals surface area contributed by atoms with Crippen molar-refractivity contribution >= 4 is 35.2 Å². The summed E-state index contributed by atoms with van der Waals surface area (Å²) in [5.41, 5.74) is -0.596.